The molecule has 1 unspecified atom stereocenters. The molecule has 1 N–H and O–H groups in total. The SMILES string of the molecule is CCNCC(Cc1cc(F)cc(F)c1)C(C)C. The summed E-state index contributed by atoms with van der Waals surface area (Å²) in [5, 5.41) is 3.29. The third-order valence-electron chi connectivity index (χ3n) is 3.02. The number of hydrogen-bond acceptors (Lipinski definition) is 1. The van der Waals surface area contributed by atoms with Gasteiger partial charge in [0.15, 0.2) is 0 Å². The summed E-state index contributed by atoms with van der Waals surface area (Å²) < 4.78 is 26.2. The van der Waals surface area contributed by atoms with E-state index in [4.69, 9.17) is 0 Å². The minimum absolute atomic E-state index is 0.399. The summed E-state index contributed by atoms with van der Waals surface area (Å²) in [6.45, 7) is 8.13. The molecular formula is C14H21F2N. The van der Waals surface area contributed by atoms with Gasteiger partial charge in [0, 0.05) is 6.07 Å². The Bertz CT molecular complexity index is 330. The van der Waals surface area contributed by atoms with Crippen molar-refractivity contribution in [2.24, 2.45) is 11.8 Å². The predicted molar refractivity (Wildman–Crippen MR) is 66.9 cm³/mol. The number of nitrogens with one attached hydrogen (secondary N) is 1. The van der Waals surface area contributed by atoms with Gasteiger partial charge in [0.1, 0.15) is 11.6 Å². The zero-order valence-electron chi connectivity index (χ0n) is 10.8. The zero-order chi connectivity index (χ0) is 12.8. The molecule has 0 aliphatic carbocycles. The standard InChI is InChI=1S/C14H21F2N/c1-4-17-9-12(10(2)3)5-11-6-13(15)8-14(16)7-11/h6-8,10,12,17H,4-5,9H2,1-3H3. The van der Waals surface area contributed by atoms with Crippen LogP contribution in [0.15, 0.2) is 18.2 Å². The van der Waals surface area contributed by atoms with Crippen molar-refractivity contribution in [3.63, 3.8) is 0 Å². The third-order valence-corrected chi connectivity index (χ3v) is 3.02. The van der Waals surface area contributed by atoms with Crippen molar-refractivity contribution < 1.29 is 8.78 Å². The van der Waals surface area contributed by atoms with E-state index in [9.17, 15) is 8.78 Å². The quantitative estimate of drug-likeness (QED) is 0.805. The maximum Gasteiger partial charge on any atom is 0.126 e. The Hall–Kier alpha value is -0.960. The Morgan fingerprint density at radius 2 is 1.71 bits per heavy atom. The molecule has 1 nitrogen and oxygen atoms in total. The summed E-state index contributed by atoms with van der Waals surface area (Å²) in [6, 6.07) is 3.76. The molecule has 1 rings (SSSR count). The van der Waals surface area contributed by atoms with Gasteiger partial charge in [0.2, 0.25) is 0 Å². The van der Waals surface area contributed by atoms with Crippen LogP contribution in [0.25, 0.3) is 0 Å². The molecule has 0 aliphatic rings. The molecule has 0 spiro atoms. The molecule has 0 heterocycles. The molecule has 0 saturated heterocycles. The van der Waals surface area contributed by atoms with Gasteiger partial charge in [-0.1, -0.05) is 20.8 Å². The minimum Gasteiger partial charge on any atom is -0.317 e. The van der Waals surface area contributed by atoms with E-state index in [1.807, 2.05) is 0 Å². The van der Waals surface area contributed by atoms with Gasteiger partial charge < -0.3 is 5.32 Å². The molecule has 0 bridgehead atoms. The highest BCUT2D eigenvalue weighted by molar-refractivity contribution is 5.18. The normalized spacial score (nSPS) is 13.1. The molecular weight excluding hydrogens is 220 g/mol. The van der Waals surface area contributed by atoms with Crippen LogP contribution in [0.2, 0.25) is 0 Å². The van der Waals surface area contributed by atoms with Crippen molar-refractivity contribution in [1.29, 1.82) is 0 Å². The van der Waals surface area contributed by atoms with Crippen LogP contribution in [0.4, 0.5) is 8.78 Å². The van der Waals surface area contributed by atoms with Gasteiger partial charge in [-0.3, -0.25) is 0 Å². The van der Waals surface area contributed by atoms with Crippen molar-refractivity contribution in [3.05, 3.63) is 35.4 Å². The Morgan fingerprint density at radius 3 is 2.18 bits per heavy atom. The Morgan fingerprint density at radius 1 is 1.12 bits per heavy atom. The summed E-state index contributed by atoms with van der Waals surface area (Å²) in [6.07, 6.45) is 0.708. The van der Waals surface area contributed by atoms with Gasteiger partial charge >= 0.3 is 0 Å². The van der Waals surface area contributed by atoms with Crippen LogP contribution in [-0.2, 0) is 6.42 Å². The summed E-state index contributed by atoms with van der Waals surface area (Å²) in [7, 11) is 0. The number of rotatable bonds is 6. The second kappa shape index (κ2) is 6.70. The Labute approximate surface area is 102 Å². The highest BCUT2D eigenvalue weighted by Crippen LogP contribution is 2.18. The number of halogens is 2. The summed E-state index contributed by atoms with van der Waals surface area (Å²) in [4.78, 5) is 0. The summed E-state index contributed by atoms with van der Waals surface area (Å²) in [5.41, 5.74) is 0.735. The second-order valence-corrected chi connectivity index (χ2v) is 4.79. The van der Waals surface area contributed by atoms with Crippen molar-refractivity contribution in [3.8, 4) is 0 Å². The van der Waals surface area contributed by atoms with Crippen LogP contribution in [0.5, 0.6) is 0 Å². The number of benzene rings is 1. The van der Waals surface area contributed by atoms with E-state index >= 15 is 0 Å². The van der Waals surface area contributed by atoms with E-state index in [0.717, 1.165) is 24.7 Å². The van der Waals surface area contributed by atoms with E-state index in [0.29, 0.717) is 18.3 Å². The first-order chi connectivity index (χ1) is 8.02. The first kappa shape index (κ1) is 14.1. The molecule has 3 heteroatoms. The molecule has 0 aromatic heterocycles. The van der Waals surface area contributed by atoms with Crippen LogP contribution in [-0.4, -0.2) is 13.1 Å². The van der Waals surface area contributed by atoms with E-state index < -0.39 is 11.6 Å². The van der Waals surface area contributed by atoms with Crippen LogP contribution < -0.4 is 5.32 Å². The van der Waals surface area contributed by atoms with Crippen molar-refractivity contribution in [2.45, 2.75) is 27.2 Å². The van der Waals surface area contributed by atoms with E-state index in [1.54, 1.807) is 0 Å². The molecule has 0 aliphatic heterocycles. The maximum absolute atomic E-state index is 13.1. The van der Waals surface area contributed by atoms with Crippen LogP contribution >= 0.6 is 0 Å². The predicted octanol–water partition coefficient (Wildman–Crippen LogP) is 3.39. The summed E-state index contributed by atoms with van der Waals surface area (Å²) in [5.74, 6) is -0.103. The average Bonchev–Trinajstić information content (AvgIpc) is 2.22. The second-order valence-electron chi connectivity index (χ2n) is 4.79. The van der Waals surface area contributed by atoms with E-state index in [1.165, 1.54) is 12.1 Å². The molecule has 17 heavy (non-hydrogen) atoms. The fourth-order valence-corrected chi connectivity index (χ4v) is 1.90. The lowest BCUT2D eigenvalue weighted by molar-refractivity contribution is 0.362. The molecule has 0 radical (unpaired) electrons. The molecule has 0 fully saturated rings. The first-order valence-electron chi connectivity index (χ1n) is 6.18. The highest BCUT2D eigenvalue weighted by atomic mass is 19.1. The lowest BCUT2D eigenvalue weighted by Gasteiger charge is -2.21. The van der Waals surface area contributed by atoms with Gasteiger partial charge in [-0.2, -0.15) is 0 Å². The lowest BCUT2D eigenvalue weighted by Crippen LogP contribution is -2.27. The van der Waals surface area contributed by atoms with Crippen molar-refractivity contribution in [1.82, 2.24) is 5.32 Å². The third kappa shape index (κ3) is 4.82. The van der Waals surface area contributed by atoms with Crippen LogP contribution in [0.3, 0.4) is 0 Å². The monoisotopic (exact) mass is 241 g/mol. The average molecular weight is 241 g/mol. The Kier molecular flexibility index (Phi) is 5.56. The lowest BCUT2D eigenvalue weighted by atomic mass is 9.89. The van der Waals surface area contributed by atoms with E-state index in [2.05, 4.69) is 26.1 Å². The molecule has 1 aromatic rings. The molecule has 96 valence electrons. The highest BCUT2D eigenvalue weighted by Gasteiger charge is 2.14. The van der Waals surface area contributed by atoms with Gasteiger partial charge in [-0.05, 0) is 49.0 Å². The topological polar surface area (TPSA) is 12.0 Å². The smallest absolute Gasteiger partial charge is 0.126 e. The molecule has 0 saturated carbocycles. The van der Waals surface area contributed by atoms with Gasteiger partial charge in [0.25, 0.3) is 0 Å². The van der Waals surface area contributed by atoms with Gasteiger partial charge in [-0.25, -0.2) is 8.78 Å². The maximum atomic E-state index is 13.1. The molecule has 1 atom stereocenters. The molecule has 0 amide bonds. The summed E-state index contributed by atoms with van der Waals surface area (Å²) >= 11 is 0. The van der Waals surface area contributed by atoms with Crippen molar-refractivity contribution >= 4 is 0 Å². The fraction of sp³-hybridized carbons (Fsp3) is 0.571. The van der Waals surface area contributed by atoms with Gasteiger partial charge in [-0.15, -0.1) is 0 Å². The van der Waals surface area contributed by atoms with Crippen LogP contribution in [0, 0.1) is 23.5 Å². The van der Waals surface area contributed by atoms with Crippen LogP contribution in [0.1, 0.15) is 26.3 Å². The van der Waals surface area contributed by atoms with Gasteiger partial charge in [0.05, 0.1) is 0 Å². The minimum atomic E-state index is -0.494. The zero-order valence-corrected chi connectivity index (χ0v) is 10.8. The first-order valence-corrected chi connectivity index (χ1v) is 6.18. The fourth-order valence-electron chi connectivity index (χ4n) is 1.90. The van der Waals surface area contributed by atoms with Crippen molar-refractivity contribution in [2.75, 3.05) is 13.1 Å². The Balaban J connectivity index is 2.71. The van der Waals surface area contributed by atoms with E-state index in [-0.39, 0.29) is 0 Å². The largest absolute Gasteiger partial charge is 0.317 e. The number of hydrogen-bond donors (Lipinski definition) is 1. The molecule has 1 aromatic carbocycles.